The molecule has 0 rings (SSSR count). The summed E-state index contributed by atoms with van der Waals surface area (Å²) in [4.78, 5) is 10.6. The van der Waals surface area contributed by atoms with Crippen LogP contribution in [0.3, 0.4) is 0 Å². The summed E-state index contributed by atoms with van der Waals surface area (Å²) < 4.78 is 0. The predicted octanol–water partition coefficient (Wildman–Crippen LogP) is 0.788. The van der Waals surface area contributed by atoms with Gasteiger partial charge in [0.2, 0.25) is 0 Å². The van der Waals surface area contributed by atoms with Crippen LogP contribution in [0.5, 0.6) is 0 Å². The highest BCUT2D eigenvalue weighted by Gasteiger charge is 2.22. The average Bonchev–Trinajstić information content (AvgIpc) is 1.88. The predicted molar refractivity (Wildman–Crippen MR) is 47.8 cm³/mol. The molecule has 0 aromatic carbocycles. The van der Waals surface area contributed by atoms with Gasteiger partial charge in [0.15, 0.2) is 0 Å². The monoisotopic (exact) mass is 177 g/mol. The lowest BCUT2D eigenvalue weighted by molar-refractivity contribution is -0.142. The van der Waals surface area contributed by atoms with Crippen LogP contribution in [-0.2, 0) is 4.79 Å². The molecule has 3 nitrogen and oxygen atoms in total. The van der Waals surface area contributed by atoms with Gasteiger partial charge in [-0.25, -0.2) is 0 Å². The maximum absolute atomic E-state index is 10.6. The van der Waals surface area contributed by atoms with Crippen molar-refractivity contribution in [2.75, 3.05) is 12.0 Å². The third-order valence-electron chi connectivity index (χ3n) is 1.63. The summed E-state index contributed by atoms with van der Waals surface area (Å²) in [6, 6.07) is -0.215. The van der Waals surface area contributed by atoms with E-state index in [0.29, 0.717) is 12.2 Å². The smallest absolute Gasteiger partial charge is 0.308 e. The van der Waals surface area contributed by atoms with Crippen molar-refractivity contribution in [1.29, 1.82) is 0 Å². The zero-order valence-corrected chi connectivity index (χ0v) is 7.73. The molecular weight excluding hydrogens is 162 g/mol. The Morgan fingerprint density at radius 3 is 2.55 bits per heavy atom. The largest absolute Gasteiger partial charge is 0.481 e. The van der Waals surface area contributed by atoms with E-state index in [0.717, 1.165) is 0 Å². The molecule has 0 heterocycles. The first-order valence-electron chi connectivity index (χ1n) is 3.60. The number of hydrogen-bond donors (Lipinski definition) is 2. The van der Waals surface area contributed by atoms with E-state index in [1.54, 1.807) is 11.8 Å². The average molecular weight is 177 g/mol. The molecule has 66 valence electrons. The van der Waals surface area contributed by atoms with Crippen LogP contribution in [0.15, 0.2) is 0 Å². The third-order valence-corrected chi connectivity index (χ3v) is 2.35. The molecular formula is C7H15NO2S. The van der Waals surface area contributed by atoms with Crippen molar-refractivity contribution < 1.29 is 9.90 Å². The minimum atomic E-state index is -0.783. The van der Waals surface area contributed by atoms with Crippen molar-refractivity contribution in [3.8, 4) is 0 Å². The van der Waals surface area contributed by atoms with E-state index in [9.17, 15) is 4.79 Å². The van der Waals surface area contributed by atoms with Gasteiger partial charge in [-0.1, -0.05) is 6.92 Å². The molecule has 0 radical (unpaired) electrons. The van der Waals surface area contributed by atoms with Gasteiger partial charge in [-0.15, -0.1) is 0 Å². The number of thioether (sulfide) groups is 1. The van der Waals surface area contributed by atoms with Crippen molar-refractivity contribution in [3.63, 3.8) is 0 Å². The Balaban J connectivity index is 3.91. The zero-order chi connectivity index (χ0) is 8.85. The standard InChI is InChI=1S/C7H15NO2S/c1-3-5(7(9)10)6(8)4-11-2/h5-6H,3-4,8H2,1-2H3,(H,9,10)/t5?,6-/m1/s1. The highest BCUT2D eigenvalue weighted by atomic mass is 32.2. The Hall–Kier alpha value is -0.220. The van der Waals surface area contributed by atoms with Crippen LogP contribution >= 0.6 is 11.8 Å². The summed E-state index contributed by atoms with van der Waals surface area (Å²) in [5, 5.41) is 8.68. The van der Waals surface area contributed by atoms with Crippen LogP contribution < -0.4 is 5.73 Å². The minimum Gasteiger partial charge on any atom is -0.481 e. The number of rotatable bonds is 5. The van der Waals surface area contributed by atoms with E-state index in [2.05, 4.69) is 0 Å². The Morgan fingerprint density at radius 1 is 1.73 bits per heavy atom. The van der Waals surface area contributed by atoms with Gasteiger partial charge in [-0.2, -0.15) is 11.8 Å². The molecule has 2 atom stereocenters. The number of hydrogen-bond acceptors (Lipinski definition) is 3. The highest BCUT2D eigenvalue weighted by molar-refractivity contribution is 7.98. The fourth-order valence-electron chi connectivity index (χ4n) is 0.969. The summed E-state index contributed by atoms with van der Waals surface area (Å²) in [6.45, 7) is 1.85. The van der Waals surface area contributed by atoms with Gasteiger partial charge in [-0.05, 0) is 12.7 Å². The fraction of sp³-hybridized carbons (Fsp3) is 0.857. The third kappa shape index (κ3) is 3.62. The summed E-state index contributed by atoms with van der Waals surface area (Å²) >= 11 is 1.58. The second kappa shape index (κ2) is 5.43. The van der Waals surface area contributed by atoms with Gasteiger partial charge < -0.3 is 10.8 Å². The topological polar surface area (TPSA) is 63.3 Å². The van der Waals surface area contributed by atoms with Gasteiger partial charge in [0.05, 0.1) is 5.92 Å². The molecule has 0 aromatic rings. The Morgan fingerprint density at radius 2 is 2.27 bits per heavy atom. The van der Waals surface area contributed by atoms with E-state index in [-0.39, 0.29) is 12.0 Å². The summed E-state index contributed by atoms with van der Waals surface area (Å²) in [5.41, 5.74) is 5.64. The molecule has 0 aliphatic heterocycles. The lowest BCUT2D eigenvalue weighted by Crippen LogP contribution is -2.37. The van der Waals surface area contributed by atoms with Crippen molar-refractivity contribution >= 4 is 17.7 Å². The van der Waals surface area contributed by atoms with Crippen LogP contribution in [0.25, 0.3) is 0 Å². The van der Waals surface area contributed by atoms with Crippen LogP contribution in [0.1, 0.15) is 13.3 Å². The molecule has 0 aliphatic rings. The maximum atomic E-state index is 10.6. The normalized spacial score (nSPS) is 15.9. The Bertz CT molecular complexity index is 130. The molecule has 1 unspecified atom stereocenters. The molecule has 0 aromatic heterocycles. The fourth-order valence-corrected chi connectivity index (χ4v) is 1.59. The van der Waals surface area contributed by atoms with E-state index >= 15 is 0 Å². The van der Waals surface area contributed by atoms with Crippen molar-refractivity contribution in [3.05, 3.63) is 0 Å². The zero-order valence-electron chi connectivity index (χ0n) is 6.91. The first-order chi connectivity index (χ1) is 5.13. The Labute approximate surface area is 71.3 Å². The quantitative estimate of drug-likeness (QED) is 0.651. The molecule has 0 spiro atoms. The van der Waals surface area contributed by atoms with Gasteiger partial charge in [0.25, 0.3) is 0 Å². The van der Waals surface area contributed by atoms with Gasteiger partial charge in [0.1, 0.15) is 0 Å². The molecule has 0 bridgehead atoms. The number of aliphatic carboxylic acids is 1. The Kier molecular flexibility index (Phi) is 5.32. The van der Waals surface area contributed by atoms with Gasteiger partial charge in [0, 0.05) is 11.8 Å². The second-order valence-electron chi connectivity index (χ2n) is 2.47. The molecule has 3 N–H and O–H groups in total. The lowest BCUT2D eigenvalue weighted by Gasteiger charge is -2.16. The second-order valence-corrected chi connectivity index (χ2v) is 3.38. The van der Waals surface area contributed by atoms with Gasteiger partial charge in [-0.3, -0.25) is 4.79 Å². The molecule has 0 amide bonds. The summed E-state index contributed by atoms with van der Waals surface area (Å²) in [6.07, 6.45) is 2.53. The van der Waals surface area contributed by atoms with Crippen LogP contribution in [-0.4, -0.2) is 29.1 Å². The lowest BCUT2D eigenvalue weighted by atomic mass is 10.00. The van der Waals surface area contributed by atoms with Crippen molar-refractivity contribution in [1.82, 2.24) is 0 Å². The summed E-state index contributed by atoms with van der Waals surface area (Å²) in [5.74, 6) is -0.457. The van der Waals surface area contributed by atoms with Crippen LogP contribution in [0, 0.1) is 5.92 Å². The number of carboxylic acids is 1. The van der Waals surface area contributed by atoms with Gasteiger partial charge >= 0.3 is 5.97 Å². The first-order valence-corrected chi connectivity index (χ1v) is 5.00. The molecule has 0 saturated heterocycles. The number of carbonyl (C=O) groups is 1. The molecule has 0 aliphatic carbocycles. The van der Waals surface area contributed by atoms with E-state index < -0.39 is 5.97 Å². The maximum Gasteiger partial charge on any atom is 0.308 e. The van der Waals surface area contributed by atoms with E-state index in [1.807, 2.05) is 13.2 Å². The first kappa shape index (κ1) is 10.8. The SMILES string of the molecule is CCC(C(=O)O)[C@H](N)CSC. The van der Waals surface area contributed by atoms with Crippen molar-refractivity contribution in [2.24, 2.45) is 11.7 Å². The molecule has 11 heavy (non-hydrogen) atoms. The molecule has 4 heteroatoms. The summed E-state index contributed by atoms with van der Waals surface area (Å²) in [7, 11) is 0. The van der Waals surface area contributed by atoms with E-state index in [1.165, 1.54) is 0 Å². The van der Waals surface area contributed by atoms with Crippen molar-refractivity contribution in [2.45, 2.75) is 19.4 Å². The minimum absolute atomic E-state index is 0.215. The highest BCUT2D eigenvalue weighted by Crippen LogP contribution is 2.10. The number of nitrogens with two attached hydrogens (primary N) is 1. The molecule has 0 saturated carbocycles. The van der Waals surface area contributed by atoms with Crippen LogP contribution in [0.4, 0.5) is 0 Å². The van der Waals surface area contributed by atoms with E-state index in [4.69, 9.17) is 10.8 Å². The molecule has 0 fully saturated rings. The number of carboxylic acid groups (broad SMARTS) is 1. The van der Waals surface area contributed by atoms with Crippen LogP contribution in [0.2, 0.25) is 0 Å².